The van der Waals surface area contributed by atoms with Gasteiger partial charge in [0.2, 0.25) is 0 Å². The van der Waals surface area contributed by atoms with Gasteiger partial charge >= 0.3 is 5.97 Å². The fourth-order valence-corrected chi connectivity index (χ4v) is 1.95. The summed E-state index contributed by atoms with van der Waals surface area (Å²) in [5, 5.41) is 17.7. The first-order chi connectivity index (χ1) is 7.13. The van der Waals surface area contributed by atoms with E-state index in [2.05, 4.69) is 16.8 Å². The van der Waals surface area contributed by atoms with Crippen LogP contribution in [0.1, 0.15) is 12.8 Å². The van der Waals surface area contributed by atoms with E-state index in [-0.39, 0.29) is 19.1 Å². The Morgan fingerprint density at radius 2 is 1.93 bits per heavy atom. The molecule has 1 heterocycles. The summed E-state index contributed by atoms with van der Waals surface area (Å²) in [5.74, 6) is -0.785. The molecule has 0 aromatic carbocycles. The van der Waals surface area contributed by atoms with Gasteiger partial charge in [0.1, 0.15) is 0 Å². The monoisotopic (exact) mass is 216 g/mol. The van der Waals surface area contributed by atoms with E-state index in [1.807, 2.05) is 0 Å². The van der Waals surface area contributed by atoms with Crippen molar-refractivity contribution in [2.75, 3.05) is 39.8 Å². The van der Waals surface area contributed by atoms with Crippen molar-refractivity contribution in [3.05, 3.63) is 0 Å². The number of piperazine rings is 1. The Balaban J connectivity index is 2.44. The highest BCUT2D eigenvalue weighted by molar-refractivity contribution is 5.67. The molecule has 0 saturated carbocycles. The highest BCUT2D eigenvalue weighted by atomic mass is 16.4. The van der Waals surface area contributed by atoms with Gasteiger partial charge in [-0.15, -0.1) is 0 Å². The number of rotatable bonds is 5. The van der Waals surface area contributed by atoms with E-state index in [9.17, 15) is 4.79 Å². The van der Waals surface area contributed by atoms with Gasteiger partial charge in [0.25, 0.3) is 0 Å². The number of nitrogens with zero attached hydrogens (tertiary/aromatic N) is 2. The van der Waals surface area contributed by atoms with Gasteiger partial charge < -0.3 is 15.1 Å². The number of aliphatic hydroxyl groups is 1. The van der Waals surface area contributed by atoms with E-state index in [0.717, 1.165) is 26.2 Å². The van der Waals surface area contributed by atoms with E-state index in [1.54, 1.807) is 0 Å². The second-order valence-electron chi connectivity index (χ2n) is 4.10. The summed E-state index contributed by atoms with van der Waals surface area (Å²) in [6, 6.07) is -0.0128. The van der Waals surface area contributed by atoms with Crippen LogP contribution in [-0.2, 0) is 4.79 Å². The molecule has 1 aliphatic heterocycles. The molecule has 0 aliphatic carbocycles. The Bertz CT molecular complexity index is 203. The number of hydrogen-bond acceptors (Lipinski definition) is 4. The van der Waals surface area contributed by atoms with Crippen LogP contribution in [0, 0.1) is 0 Å². The number of carboxylic acids is 1. The minimum Gasteiger partial charge on any atom is -0.481 e. The highest BCUT2D eigenvalue weighted by Crippen LogP contribution is 2.11. The van der Waals surface area contributed by atoms with Crippen molar-refractivity contribution >= 4 is 5.97 Å². The number of aliphatic hydroxyl groups excluding tert-OH is 1. The van der Waals surface area contributed by atoms with Crippen LogP contribution in [-0.4, -0.2) is 71.9 Å². The molecule has 1 rings (SSSR count). The first kappa shape index (κ1) is 12.4. The molecule has 1 fully saturated rings. The lowest BCUT2D eigenvalue weighted by Crippen LogP contribution is -2.49. The molecule has 0 amide bonds. The molecule has 1 aliphatic rings. The normalized spacial score (nSPS) is 21.5. The summed E-state index contributed by atoms with van der Waals surface area (Å²) in [6.45, 7) is 3.80. The molecular formula is C10H20N2O3. The van der Waals surface area contributed by atoms with Gasteiger partial charge in [-0.2, -0.15) is 0 Å². The van der Waals surface area contributed by atoms with E-state index < -0.39 is 5.97 Å². The lowest BCUT2D eigenvalue weighted by atomic mass is 10.1. The van der Waals surface area contributed by atoms with Crippen LogP contribution in [0.5, 0.6) is 0 Å². The third kappa shape index (κ3) is 4.15. The molecule has 0 aromatic heterocycles. The standard InChI is InChI=1S/C10H20N2O3/c1-11-3-5-12(6-4-11)9(2-7-13)8-10(14)15/h9,13H,2-8H2,1H3,(H,14,15). The van der Waals surface area contributed by atoms with Gasteiger partial charge in [0.05, 0.1) is 6.42 Å². The predicted molar refractivity (Wildman–Crippen MR) is 56.8 cm³/mol. The van der Waals surface area contributed by atoms with Gasteiger partial charge in [-0.3, -0.25) is 9.69 Å². The van der Waals surface area contributed by atoms with Crippen molar-refractivity contribution < 1.29 is 15.0 Å². The quantitative estimate of drug-likeness (QED) is 0.646. The minimum absolute atomic E-state index is 0.0128. The van der Waals surface area contributed by atoms with Crippen LogP contribution >= 0.6 is 0 Å². The molecule has 15 heavy (non-hydrogen) atoms. The van der Waals surface area contributed by atoms with Crippen LogP contribution in [0.3, 0.4) is 0 Å². The Hall–Kier alpha value is -0.650. The third-order valence-electron chi connectivity index (χ3n) is 2.93. The van der Waals surface area contributed by atoms with Crippen LogP contribution in [0.25, 0.3) is 0 Å². The fourth-order valence-electron chi connectivity index (χ4n) is 1.95. The molecule has 0 radical (unpaired) electrons. The zero-order valence-electron chi connectivity index (χ0n) is 9.22. The molecule has 5 heteroatoms. The molecular weight excluding hydrogens is 196 g/mol. The van der Waals surface area contributed by atoms with Gasteiger partial charge in [0.15, 0.2) is 0 Å². The summed E-state index contributed by atoms with van der Waals surface area (Å²) >= 11 is 0. The lowest BCUT2D eigenvalue weighted by molar-refractivity contribution is -0.138. The van der Waals surface area contributed by atoms with Gasteiger partial charge in [0, 0.05) is 38.8 Å². The van der Waals surface area contributed by atoms with Crippen LogP contribution in [0.2, 0.25) is 0 Å². The summed E-state index contributed by atoms with van der Waals surface area (Å²) in [7, 11) is 2.07. The van der Waals surface area contributed by atoms with Crippen molar-refractivity contribution in [2.24, 2.45) is 0 Å². The smallest absolute Gasteiger partial charge is 0.304 e. The topological polar surface area (TPSA) is 64.0 Å². The summed E-state index contributed by atoms with van der Waals surface area (Å²) in [4.78, 5) is 15.1. The fraction of sp³-hybridized carbons (Fsp3) is 0.900. The summed E-state index contributed by atoms with van der Waals surface area (Å²) in [5.41, 5.74) is 0. The molecule has 1 unspecified atom stereocenters. The van der Waals surface area contributed by atoms with Crippen LogP contribution < -0.4 is 0 Å². The van der Waals surface area contributed by atoms with Gasteiger partial charge in [-0.25, -0.2) is 0 Å². The Morgan fingerprint density at radius 1 is 1.33 bits per heavy atom. The number of hydrogen-bond donors (Lipinski definition) is 2. The van der Waals surface area contributed by atoms with E-state index >= 15 is 0 Å². The maximum absolute atomic E-state index is 10.7. The zero-order valence-corrected chi connectivity index (χ0v) is 9.22. The molecule has 88 valence electrons. The molecule has 1 atom stereocenters. The average molecular weight is 216 g/mol. The van der Waals surface area contributed by atoms with Crippen LogP contribution in [0.15, 0.2) is 0 Å². The summed E-state index contributed by atoms with van der Waals surface area (Å²) < 4.78 is 0. The van der Waals surface area contributed by atoms with E-state index in [4.69, 9.17) is 10.2 Å². The maximum Gasteiger partial charge on any atom is 0.304 e. The second-order valence-corrected chi connectivity index (χ2v) is 4.10. The number of likely N-dealkylation sites (N-methyl/N-ethyl adjacent to an activating group) is 1. The Kier molecular flexibility index (Phi) is 5.01. The molecule has 0 aromatic rings. The molecule has 0 spiro atoms. The summed E-state index contributed by atoms with van der Waals surface area (Å²) in [6.07, 6.45) is 0.681. The maximum atomic E-state index is 10.7. The van der Waals surface area contributed by atoms with Crippen molar-refractivity contribution in [3.8, 4) is 0 Å². The largest absolute Gasteiger partial charge is 0.481 e. The Labute approximate surface area is 90.3 Å². The van der Waals surface area contributed by atoms with E-state index in [0.29, 0.717) is 6.42 Å². The minimum atomic E-state index is -0.785. The van der Waals surface area contributed by atoms with Crippen molar-refractivity contribution in [1.82, 2.24) is 9.80 Å². The third-order valence-corrected chi connectivity index (χ3v) is 2.93. The van der Waals surface area contributed by atoms with Gasteiger partial charge in [-0.05, 0) is 13.5 Å². The van der Waals surface area contributed by atoms with Crippen LogP contribution in [0.4, 0.5) is 0 Å². The predicted octanol–water partition coefficient (Wildman–Crippen LogP) is -0.540. The van der Waals surface area contributed by atoms with Crippen molar-refractivity contribution in [3.63, 3.8) is 0 Å². The SMILES string of the molecule is CN1CCN(C(CCO)CC(=O)O)CC1. The molecule has 2 N–H and O–H groups in total. The lowest BCUT2D eigenvalue weighted by Gasteiger charge is -2.37. The number of carboxylic acid groups (broad SMARTS) is 1. The second kappa shape index (κ2) is 6.05. The van der Waals surface area contributed by atoms with E-state index in [1.165, 1.54) is 0 Å². The van der Waals surface area contributed by atoms with Gasteiger partial charge in [-0.1, -0.05) is 0 Å². The first-order valence-electron chi connectivity index (χ1n) is 5.38. The van der Waals surface area contributed by atoms with Crippen molar-refractivity contribution in [2.45, 2.75) is 18.9 Å². The zero-order chi connectivity index (χ0) is 11.3. The molecule has 1 saturated heterocycles. The highest BCUT2D eigenvalue weighted by Gasteiger charge is 2.23. The Morgan fingerprint density at radius 3 is 2.40 bits per heavy atom. The molecule has 5 nitrogen and oxygen atoms in total. The first-order valence-corrected chi connectivity index (χ1v) is 5.38. The van der Waals surface area contributed by atoms with Crippen molar-refractivity contribution in [1.29, 1.82) is 0 Å². The molecule has 0 bridgehead atoms. The average Bonchev–Trinajstić information content (AvgIpc) is 2.17. The number of carbonyl (C=O) groups is 1. The number of aliphatic carboxylic acids is 1.